The average Bonchev–Trinajstić information content (AvgIpc) is 2.80. The zero-order valence-electron chi connectivity index (χ0n) is 20.0. The Morgan fingerprint density at radius 1 is 0.941 bits per heavy atom. The second-order valence-corrected chi connectivity index (χ2v) is 9.33. The fraction of sp³-hybridized carbons (Fsp3) is 0.370. The zero-order valence-corrected chi connectivity index (χ0v) is 20.0. The van der Waals surface area contributed by atoms with Crippen molar-refractivity contribution in [3.05, 3.63) is 65.2 Å². The molecule has 0 aliphatic carbocycles. The largest absolute Gasteiger partial charge is 0.391 e. The molecule has 2 aromatic rings. The van der Waals surface area contributed by atoms with Crippen LogP contribution >= 0.6 is 0 Å². The Bertz CT molecular complexity index is 1060. The number of anilines is 1. The van der Waals surface area contributed by atoms with Crippen molar-refractivity contribution in [2.24, 2.45) is 5.41 Å². The number of amides is 2. The molecule has 0 saturated heterocycles. The van der Waals surface area contributed by atoms with E-state index in [-0.39, 0.29) is 11.3 Å². The number of carbonyl (C=O) groups is 3. The fourth-order valence-electron chi connectivity index (χ4n) is 2.99. The van der Waals surface area contributed by atoms with Gasteiger partial charge in [0.05, 0.1) is 6.10 Å². The minimum Gasteiger partial charge on any atom is -0.391 e. The second-order valence-electron chi connectivity index (χ2n) is 9.33. The summed E-state index contributed by atoms with van der Waals surface area (Å²) in [5, 5.41) is 24.0. The predicted octanol–water partition coefficient (Wildman–Crippen LogP) is 2.89. The van der Waals surface area contributed by atoms with Crippen LogP contribution in [0.5, 0.6) is 0 Å². The first-order valence-electron chi connectivity index (χ1n) is 11.1. The standard InChI is InChI=1S/C27H32N2O5/c1-18(31)25(23(32)17-30)29-26(34)21-11-7-19(8-12-21)5-6-20-9-13-22(14-10-20)28-24(33)15-16-27(2,3)4/h7-14,18,25,30-31H,15-17H2,1-4H3,(H,28,33)(H,29,34)/t18-,25+/m1/s1. The molecule has 2 rings (SSSR count). The highest BCUT2D eigenvalue weighted by molar-refractivity contribution is 5.98. The normalized spacial score (nSPS) is 12.6. The van der Waals surface area contributed by atoms with Crippen LogP contribution in [0.1, 0.15) is 62.0 Å². The SMILES string of the molecule is C[C@@H](O)[C@H](NC(=O)c1ccc(C#Cc2ccc(NC(=O)CCC(C)(C)C)cc2)cc1)C(=O)CO. The summed E-state index contributed by atoms with van der Waals surface area (Å²) in [6.07, 6.45) is 0.151. The van der Waals surface area contributed by atoms with Gasteiger partial charge < -0.3 is 20.8 Å². The molecule has 7 heteroatoms. The molecule has 0 saturated carbocycles. The van der Waals surface area contributed by atoms with E-state index in [1.807, 2.05) is 12.1 Å². The van der Waals surface area contributed by atoms with Crippen molar-refractivity contribution in [2.45, 2.75) is 52.7 Å². The van der Waals surface area contributed by atoms with Crippen molar-refractivity contribution in [3.8, 4) is 11.8 Å². The van der Waals surface area contributed by atoms with E-state index in [9.17, 15) is 19.5 Å². The van der Waals surface area contributed by atoms with Gasteiger partial charge in [-0.15, -0.1) is 0 Å². The number of benzene rings is 2. The maximum Gasteiger partial charge on any atom is 0.251 e. The van der Waals surface area contributed by atoms with Gasteiger partial charge in [0.2, 0.25) is 5.91 Å². The molecular formula is C27H32N2O5. The number of carbonyl (C=O) groups excluding carboxylic acids is 3. The van der Waals surface area contributed by atoms with Crippen LogP contribution in [0.3, 0.4) is 0 Å². The molecule has 0 radical (unpaired) electrons. The summed E-state index contributed by atoms with van der Waals surface area (Å²) in [5.41, 5.74) is 2.59. The summed E-state index contributed by atoms with van der Waals surface area (Å²) in [6, 6.07) is 12.6. The number of hydrogen-bond acceptors (Lipinski definition) is 5. The lowest BCUT2D eigenvalue weighted by Gasteiger charge is -2.19. The molecule has 0 fully saturated rings. The lowest BCUT2D eigenvalue weighted by molar-refractivity contribution is -0.126. The van der Waals surface area contributed by atoms with Crippen molar-refractivity contribution in [2.75, 3.05) is 11.9 Å². The summed E-state index contributed by atoms with van der Waals surface area (Å²) < 4.78 is 0. The van der Waals surface area contributed by atoms with Crippen LogP contribution in [-0.4, -0.2) is 46.6 Å². The second kappa shape index (κ2) is 12.1. The summed E-state index contributed by atoms with van der Waals surface area (Å²) in [4.78, 5) is 36.1. The number of aliphatic hydroxyl groups excluding tert-OH is 2. The van der Waals surface area contributed by atoms with Crippen LogP contribution in [0.4, 0.5) is 5.69 Å². The van der Waals surface area contributed by atoms with E-state index in [0.717, 1.165) is 17.7 Å². The molecule has 0 unspecified atom stereocenters. The number of aliphatic hydroxyl groups is 2. The van der Waals surface area contributed by atoms with Crippen LogP contribution in [0, 0.1) is 17.3 Å². The molecule has 0 aliphatic rings. The first kappa shape index (κ1) is 26.8. The molecule has 180 valence electrons. The smallest absolute Gasteiger partial charge is 0.251 e. The zero-order chi connectivity index (χ0) is 25.3. The minimum absolute atomic E-state index is 0.0154. The van der Waals surface area contributed by atoms with E-state index in [0.29, 0.717) is 17.5 Å². The highest BCUT2D eigenvalue weighted by Gasteiger charge is 2.25. The molecule has 2 aromatic carbocycles. The monoisotopic (exact) mass is 464 g/mol. The summed E-state index contributed by atoms with van der Waals surface area (Å²) in [6.45, 7) is 6.90. The first-order valence-corrected chi connectivity index (χ1v) is 11.1. The lowest BCUT2D eigenvalue weighted by Crippen LogP contribution is -2.48. The van der Waals surface area contributed by atoms with Crippen molar-refractivity contribution in [1.82, 2.24) is 5.32 Å². The van der Waals surface area contributed by atoms with Gasteiger partial charge in [0, 0.05) is 28.8 Å². The quantitative estimate of drug-likeness (QED) is 0.449. The molecule has 7 nitrogen and oxygen atoms in total. The van der Waals surface area contributed by atoms with Gasteiger partial charge in [-0.1, -0.05) is 32.6 Å². The first-order chi connectivity index (χ1) is 16.0. The Hall–Kier alpha value is -3.47. The van der Waals surface area contributed by atoms with Crippen LogP contribution in [0.2, 0.25) is 0 Å². The van der Waals surface area contributed by atoms with Crippen molar-refractivity contribution in [3.63, 3.8) is 0 Å². The highest BCUT2D eigenvalue weighted by Crippen LogP contribution is 2.21. The summed E-state index contributed by atoms with van der Waals surface area (Å²) in [5.74, 6) is 4.83. The molecule has 0 heterocycles. The number of rotatable bonds is 8. The van der Waals surface area contributed by atoms with Crippen molar-refractivity contribution < 1.29 is 24.6 Å². The number of Topliss-reactive ketones (excluding diaryl/α,β-unsaturated/α-hetero) is 1. The third kappa shape index (κ3) is 8.81. The van der Waals surface area contributed by atoms with Gasteiger partial charge in [-0.2, -0.15) is 0 Å². The summed E-state index contributed by atoms with van der Waals surface area (Å²) >= 11 is 0. The lowest BCUT2D eigenvalue weighted by atomic mass is 9.90. The Morgan fingerprint density at radius 2 is 1.47 bits per heavy atom. The molecule has 0 bridgehead atoms. The molecule has 4 N–H and O–H groups in total. The van der Waals surface area contributed by atoms with Crippen molar-refractivity contribution >= 4 is 23.3 Å². The predicted molar refractivity (Wildman–Crippen MR) is 131 cm³/mol. The fourth-order valence-corrected chi connectivity index (χ4v) is 2.99. The van der Waals surface area contributed by atoms with Gasteiger partial charge in [-0.3, -0.25) is 14.4 Å². The Balaban J connectivity index is 1.97. The third-order valence-electron chi connectivity index (χ3n) is 5.04. The van der Waals surface area contributed by atoms with E-state index in [1.54, 1.807) is 36.4 Å². The Morgan fingerprint density at radius 3 is 1.94 bits per heavy atom. The summed E-state index contributed by atoms with van der Waals surface area (Å²) in [7, 11) is 0. The Kier molecular flexibility index (Phi) is 9.55. The van der Waals surface area contributed by atoms with E-state index in [2.05, 4.69) is 43.2 Å². The maximum atomic E-state index is 12.3. The molecule has 2 amide bonds. The third-order valence-corrected chi connectivity index (χ3v) is 5.04. The average molecular weight is 465 g/mol. The van der Waals surface area contributed by atoms with E-state index in [1.165, 1.54) is 6.92 Å². The minimum atomic E-state index is -1.18. The molecule has 2 atom stereocenters. The molecular weight excluding hydrogens is 432 g/mol. The van der Waals surface area contributed by atoms with Gasteiger partial charge in [-0.25, -0.2) is 0 Å². The van der Waals surface area contributed by atoms with E-state index in [4.69, 9.17) is 5.11 Å². The van der Waals surface area contributed by atoms with Gasteiger partial charge in [0.1, 0.15) is 12.6 Å². The molecule has 0 aliphatic heterocycles. The van der Waals surface area contributed by atoms with Gasteiger partial charge >= 0.3 is 0 Å². The van der Waals surface area contributed by atoms with Crippen molar-refractivity contribution in [1.29, 1.82) is 0 Å². The van der Waals surface area contributed by atoms with E-state index < -0.39 is 30.4 Å². The van der Waals surface area contributed by atoms with Gasteiger partial charge in [0.25, 0.3) is 5.91 Å². The highest BCUT2D eigenvalue weighted by atomic mass is 16.3. The maximum absolute atomic E-state index is 12.3. The van der Waals surface area contributed by atoms with Crippen LogP contribution < -0.4 is 10.6 Å². The van der Waals surface area contributed by atoms with Crippen LogP contribution in [-0.2, 0) is 9.59 Å². The Labute approximate surface area is 200 Å². The van der Waals surface area contributed by atoms with E-state index >= 15 is 0 Å². The topological polar surface area (TPSA) is 116 Å². The molecule has 0 aromatic heterocycles. The van der Waals surface area contributed by atoms with Crippen LogP contribution in [0.15, 0.2) is 48.5 Å². The number of nitrogens with one attached hydrogen (secondary N) is 2. The number of hydrogen-bond donors (Lipinski definition) is 4. The van der Waals surface area contributed by atoms with Gasteiger partial charge in [-0.05, 0) is 67.3 Å². The van der Waals surface area contributed by atoms with Crippen LogP contribution in [0.25, 0.3) is 0 Å². The molecule has 34 heavy (non-hydrogen) atoms. The molecule has 0 spiro atoms. The number of ketones is 1. The van der Waals surface area contributed by atoms with Gasteiger partial charge in [0.15, 0.2) is 5.78 Å².